The summed E-state index contributed by atoms with van der Waals surface area (Å²) in [6, 6.07) is 12.9. The highest BCUT2D eigenvalue weighted by Crippen LogP contribution is 2.37. The molecule has 0 amide bonds. The summed E-state index contributed by atoms with van der Waals surface area (Å²) in [5.41, 5.74) is 3.29. The highest BCUT2D eigenvalue weighted by Gasteiger charge is 2.35. The molecule has 0 N–H and O–H groups in total. The van der Waals surface area contributed by atoms with Gasteiger partial charge in [-0.15, -0.1) is 0 Å². The van der Waals surface area contributed by atoms with Crippen LogP contribution in [0, 0.1) is 0 Å². The molecule has 5 rings (SSSR count). The highest BCUT2D eigenvalue weighted by atomic mass is 79.9. The molecule has 3 heterocycles. The van der Waals surface area contributed by atoms with Crippen molar-refractivity contribution in [2.75, 3.05) is 38.3 Å². The van der Waals surface area contributed by atoms with Crippen LogP contribution in [0.5, 0.6) is 5.75 Å². The quantitative estimate of drug-likeness (QED) is 0.394. The molecule has 1 fully saturated rings. The van der Waals surface area contributed by atoms with Crippen LogP contribution in [0.25, 0.3) is 6.08 Å². The normalized spacial score (nSPS) is 17.7. The van der Waals surface area contributed by atoms with Crippen molar-refractivity contribution in [3.63, 3.8) is 0 Å². The number of nitrogens with zero attached hydrogens (tertiary/aromatic N) is 3. The van der Waals surface area contributed by atoms with Crippen LogP contribution in [0.2, 0.25) is 0 Å². The van der Waals surface area contributed by atoms with Crippen molar-refractivity contribution in [1.82, 2.24) is 4.57 Å². The number of halogens is 1. The zero-order valence-corrected chi connectivity index (χ0v) is 24.7. The fraction of sp³-hybridized carbons (Fsp3) is 0.345. The summed E-state index contributed by atoms with van der Waals surface area (Å²) in [5, 5.41) is 0. The summed E-state index contributed by atoms with van der Waals surface area (Å²) < 4.78 is 19.6. The second-order valence-corrected chi connectivity index (χ2v) is 11.5. The van der Waals surface area contributed by atoms with E-state index in [0.29, 0.717) is 31.9 Å². The number of carbonyl (C=O) groups excluding carboxylic acids is 1. The third-order valence-electron chi connectivity index (χ3n) is 6.64. The Labute approximate surface area is 239 Å². The third-order valence-corrected chi connectivity index (χ3v) is 8.11. The van der Waals surface area contributed by atoms with Gasteiger partial charge >= 0.3 is 5.97 Å². The predicted octanol–water partition coefficient (Wildman–Crippen LogP) is 3.79. The van der Waals surface area contributed by atoms with Crippen LogP contribution in [0.4, 0.5) is 5.69 Å². The van der Waals surface area contributed by atoms with Gasteiger partial charge < -0.3 is 19.1 Å². The van der Waals surface area contributed by atoms with Crippen molar-refractivity contribution in [3.8, 4) is 5.75 Å². The molecule has 0 bridgehead atoms. The first-order chi connectivity index (χ1) is 18.8. The molecule has 0 radical (unpaired) electrons. The van der Waals surface area contributed by atoms with E-state index in [1.165, 1.54) is 11.3 Å². The van der Waals surface area contributed by atoms with Gasteiger partial charge in [-0.2, -0.15) is 0 Å². The van der Waals surface area contributed by atoms with Crippen molar-refractivity contribution in [2.24, 2.45) is 4.99 Å². The number of benzene rings is 2. The summed E-state index contributed by atoms with van der Waals surface area (Å²) in [4.78, 5) is 34.8. The zero-order chi connectivity index (χ0) is 27.7. The van der Waals surface area contributed by atoms with Gasteiger partial charge in [0.25, 0.3) is 5.56 Å². The first kappa shape index (κ1) is 27.4. The number of methoxy groups -OCH3 is 1. The van der Waals surface area contributed by atoms with Gasteiger partial charge in [0, 0.05) is 28.8 Å². The molecule has 10 heteroatoms. The van der Waals surface area contributed by atoms with Gasteiger partial charge in [0.1, 0.15) is 11.8 Å². The molecule has 1 atom stereocenters. The van der Waals surface area contributed by atoms with E-state index in [-0.39, 0.29) is 11.7 Å². The molecule has 204 valence electrons. The molecular formula is C29H30BrN3O5S. The Bertz CT molecular complexity index is 1600. The fourth-order valence-electron chi connectivity index (χ4n) is 4.83. The second kappa shape index (κ2) is 11.5. The van der Waals surface area contributed by atoms with Crippen LogP contribution < -0.4 is 24.5 Å². The van der Waals surface area contributed by atoms with E-state index in [1.54, 1.807) is 32.4 Å². The van der Waals surface area contributed by atoms with Gasteiger partial charge in [-0.05, 0) is 62.7 Å². The van der Waals surface area contributed by atoms with Crippen molar-refractivity contribution < 1.29 is 19.0 Å². The van der Waals surface area contributed by atoms with E-state index in [4.69, 9.17) is 14.2 Å². The lowest BCUT2D eigenvalue weighted by molar-refractivity contribution is -0.143. The number of thiazole rings is 1. The Hall–Kier alpha value is -3.21. The average Bonchev–Trinajstić information content (AvgIpc) is 3.22. The van der Waals surface area contributed by atoms with Gasteiger partial charge in [0.05, 0.1) is 42.2 Å². The topological polar surface area (TPSA) is 82.4 Å². The van der Waals surface area contributed by atoms with Crippen LogP contribution in [0.1, 0.15) is 37.9 Å². The monoisotopic (exact) mass is 611 g/mol. The number of ether oxygens (including phenoxy) is 3. The lowest BCUT2D eigenvalue weighted by Crippen LogP contribution is -2.40. The Kier molecular flexibility index (Phi) is 8.06. The van der Waals surface area contributed by atoms with Crippen molar-refractivity contribution in [1.29, 1.82) is 0 Å². The van der Waals surface area contributed by atoms with Gasteiger partial charge in [-0.3, -0.25) is 9.36 Å². The maximum Gasteiger partial charge on any atom is 0.338 e. The molecule has 1 aromatic heterocycles. The molecule has 2 aliphatic rings. The Balaban J connectivity index is 1.63. The van der Waals surface area contributed by atoms with Crippen molar-refractivity contribution in [3.05, 3.63) is 89.0 Å². The Morgan fingerprint density at radius 2 is 1.90 bits per heavy atom. The number of fused-ring (bicyclic) bond motifs is 1. The van der Waals surface area contributed by atoms with Crippen LogP contribution in [0.15, 0.2) is 68.0 Å². The number of aromatic nitrogens is 1. The number of hydrogen-bond donors (Lipinski definition) is 0. The van der Waals surface area contributed by atoms with Gasteiger partial charge in [-0.1, -0.05) is 39.4 Å². The number of allylic oxidation sites excluding steroid dienone is 1. The first-order valence-corrected chi connectivity index (χ1v) is 14.4. The summed E-state index contributed by atoms with van der Waals surface area (Å²) in [6.07, 6.45) is 1.54. The minimum absolute atomic E-state index is 0.231. The van der Waals surface area contributed by atoms with Crippen LogP contribution in [0.3, 0.4) is 0 Å². The molecule has 39 heavy (non-hydrogen) atoms. The number of anilines is 1. The number of carbonyl (C=O) groups is 1. The lowest BCUT2D eigenvalue weighted by atomic mass is 9.95. The summed E-state index contributed by atoms with van der Waals surface area (Å²) in [7, 11) is 1.57. The van der Waals surface area contributed by atoms with Crippen LogP contribution >= 0.6 is 27.3 Å². The SMILES string of the molecule is COc1ccc(Br)cc1[C@H]1C(C(=O)OC(C)C)=C(C)N=c2s/c(=C\c3ccc(N4CCOCC4)cc3)c(=O)n21. The molecule has 1 saturated heterocycles. The minimum Gasteiger partial charge on any atom is -0.496 e. The number of morpholine rings is 1. The molecular weight excluding hydrogens is 582 g/mol. The molecule has 0 aliphatic carbocycles. The smallest absolute Gasteiger partial charge is 0.338 e. The van der Waals surface area contributed by atoms with Gasteiger partial charge in [-0.25, -0.2) is 9.79 Å². The Morgan fingerprint density at radius 3 is 2.56 bits per heavy atom. The Morgan fingerprint density at radius 1 is 1.18 bits per heavy atom. The van der Waals surface area contributed by atoms with Crippen LogP contribution in [-0.2, 0) is 14.3 Å². The second-order valence-electron chi connectivity index (χ2n) is 9.61. The van der Waals surface area contributed by atoms with E-state index < -0.39 is 12.0 Å². The summed E-state index contributed by atoms with van der Waals surface area (Å²) >= 11 is 4.83. The minimum atomic E-state index is -0.759. The van der Waals surface area contributed by atoms with E-state index >= 15 is 0 Å². The largest absolute Gasteiger partial charge is 0.496 e. The van der Waals surface area contributed by atoms with Crippen molar-refractivity contribution >= 4 is 45.0 Å². The van der Waals surface area contributed by atoms with E-state index in [9.17, 15) is 9.59 Å². The van der Waals surface area contributed by atoms with Gasteiger partial charge in [0.15, 0.2) is 4.80 Å². The number of esters is 1. The fourth-order valence-corrected chi connectivity index (χ4v) is 6.25. The third kappa shape index (κ3) is 5.59. The molecule has 2 aliphatic heterocycles. The molecule has 0 saturated carbocycles. The summed E-state index contributed by atoms with van der Waals surface area (Å²) in [5.74, 6) is 0.0484. The molecule has 0 spiro atoms. The number of rotatable bonds is 6. The molecule has 0 unspecified atom stereocenters. The zero-order valence-electron chi connectivity index (χ0n) is 22.3. The predicted molar refractivity (Wildman–Crippen MR) is 155 cm³/mol. The molecule has 8 nitrogen and oxygen atoms in total. The van der Waals surface area contributed by atoms with Crippen LogP contribution in [-0.4, -0.2) is 50.1 Å². The maximum absolute atomic E-state index is 13.9. The van der Waals surface area contributed by atoms with Gasteiger partial charge in [0.2, 0.25) is 0 Å². The lowest BCUT2D eigenvalue weighted by Gasteiger charge is -2.28. The van der Waals surface area contributed by atoms with Crippen molar-refractivity contribution in [2.45, 2.75) is 32.9 Å². The average molecular weight is 613 g/mol. The summed E-state index contributed by atoms with van der Waals surface area (Å²) in [6.45, 7) is 8.52. The number of hydrogen-bond acceptors (Lipinski definition) is 8. The molecule has 3 aromatic rings. The standard InChI is InChI=1S/C29H30BrN3O5S/c1-17(2)38-28(35)25-18(3)31-29-33(26(25)22-16-20(30)7-10-23(22)36-4)27(34)24(39-29)15-19-5-8-21(9-6-19)32-11-13-37-14-12-32/h5-10,15-17,26H,11-14H2,1-4H3/b24-15-/t26-/m0/s1. The maximum atomic E-state index is 13.9. The molecule has 2 aromatic carbocycles. The van der Waals surface area contributed by atoms with E-state index in [1.807, 2.05) is 36.4 Å². The first-order valence-electron chi connectivity index (χ1n) is 12.8. The highest BCUT2D eigenvalue weighted by molar-refractivity contribution is 9.10. The van der Waals surface area contributed by atoms with E-state index in [0.717, 1.165) is 42.0 Å². The van der Waals surface area contributed by atoms with E-state index in [2.05, 4.69) is 38.0 Å².